The van der Waals surface area contributed by atoms with Crippen molar-refractivity contribution >= 4 is 33.2 Å². The molecule has 1 aliphatic carbocycles. The number of hydrogen-bond donors (Lipinski definition) is 1. The Bertz CT molecular complexity index is 455. The van der Waals surface area contributed by atoms with Crippen molar-refractivity contribution in [3.05, 3.63) is 21.6 Å². The molecule has 1 aromatic carbocycles. The second-order valence-corrected chi connectivity index (χ2v) is 5.93. The average molecular weight is 355 g/mol. The summed E-state index contributed by atoms with van der Waals surface area (Å²) in [7, 11) is 0. The first-order valence-electron chi connectivity index (χ1n) is 6.21. The standard InChI is InChI=1S/C13H15BrClF2NO/c1-2-10(7-3-4-7)18-11-6-8(15)5-9(14)12(11)19-13(16)17/h5-7,10,13,18H,2-4H2,1H3. The summed E-state index contributed by atoms with van der Waals surface area (Å²) in [6.45, 7) is -0.789. The molecule has 2 rings (SSSR count). The molecule has 0 amide bonds. The molecule has 1 N–H and O–H groups in total. The fourth-order valence-electron chi connectivity index (χ4n) is 2.13. The van der Waals surface area contributed by atoms with Crippen molar-refractivity contribution in [1.29, 1.82) is 0 Å². The van der Waals surface area contributed by atoms with E-state index in [-0.39, 0.29) is 11.8 Å². The molecule has 0 heterocycles. The smallest absolute Gasteiger partial charge is 0.387 e. The predicted molar refractivity (Wildman–Crippen MR) is 76.2 cm³/mol. The Morgan fingerprint density at radius 2 is 2.16 bits per heavy atom. The molecule has 2 nitrogen and oxygen atoms in total. The number of rotatable bonds is 6. The minimum absolute atomic E-state index is 0.110. The topological polar surface area (TPSA) is 21.3 Å². The maximum atomic E-state index is 12.5. The number of nitrogens with one attached hydrogen (secondary N) is 1. The molecule has 0 aromatic heterocycles. The molecule has 0 aliphatic heterocycles. The molecule has 0 radical (unpaired) electrons. The molecule has 0 spiro atoms. The molecule has 1 fully saturated rings. The number of anilines is 1. The third kappa shape index (κ3) is 3.96. The molecular weight excluding hydrogens is 340 g/mol. The summed E-state index contributed by atoms with van der Waals surface area (Å²) in [5.74, 6) is 0.723. The highest BCUT2D eigenvalue weighted by atomic mass is 79.9. The summed E-state index contributed by atoms with van der Waals surface area (Å²) in [6.07, 6.45) is 3.29. The molecule has 1 unspecified atom stereocenters. The second-order valence-electron chi connectivity index (χ2n) is 4.64. The molecule has 1 aromatic rings. The highest BCUT2D eigenvalue weighted by Gasteiger charge is 2.30. The van der Waals surface area contributed by atoms with Crippen LogP contribution in [0.15, 0.2) is 16.6 Å². The van der Waals surface area contributed by atoms with Crippen LogP contribution in [0.1, 0.15) is 26.2 Å². The number of alkyl halides is 2. The van der Waals surface area contributed by atoms with Gasteiger partial charge in [-0.3, -0.25) is 0 Å². The van der Waals surface area contributed by atoms with Gasteiger partial charge in [0.1, 0.15) is 0 Å². The molecule has 106 valence electrons. The van der Waals surface area contributed by atoms with Crippen molar-refractivity contribution in [2.75, 3.05) is 5.32 Å². The maximum absolute atomic E-state index is 12.5. The van der Waals surface area contributed by atoms with Crippen LogP contribution in [0.4, 0.5) is 14.5 Å². The monoisotopic (exact) mass is 353 g/mol. The molecule has 0 saturated heterocycles. The van der Waals surface area contributed by atoms with Gasteiger partial charge in [0.15, 0.2) is 5.75 Å². The van der Waals surface area contributed by atoms with Crippen LogP contribution in [0, 0.1) is 5.92 Å². The summed E-state index contributed by atoms with van der Waals surface area (Å²) in [5.41, 5.74) is 0.512. The highest BCUT2D eigenvalue weighted by Crippen LogP contribution is 2.41. The average Bonchev–Trinajstić information content (AvgIpc) is 3.13. The third-order valence-corrected chi connectivity index (χ3v) is 3.99. The normalized spacial score (nSPS) is 16.5. The largest absolute Gasteiger partial charge is 0.431 e. The van der Waals surface area contributed by atoms with Gasteiger partial charge in [0.2, 0.25) is 0 Å². The van der Waals surface area contributed by atoms with Crippen molar-refractivity contribution in [2.45, 2.75) is 38.8 Å². The number of ether oxygens (including phenoxy) is 1. The Labute approximate surface area is 124 Å². The Kier molecular flexibility index (Phi) is 4.90. The molecule has 1 saturated carbocycles. The van der Waals surface area contributed by atoms with Gasteiger partial charge in [0.05, 0.1) is 10.2 Å². The van der Waals surface area contributed by atoms with Gasteiger partial charge in [-0.1, -0.05) is 18.5 Å². The van der Waals surface area contributed by atoms with E-state index < -0.39 is 6.61 Å². The van der Waals surface area contributed by atoms with Crippen molar-refractivity contribution in [3.8, 4) is 5.75 Å². The maximum Gasteiger partial charge on any atom is 0.387 e. The number of benzene rings is 1. The lowest BCUT2D eigenvalue weighted by molar-refractivity contribution is -0.0499. The lowest BCUT2D eigenvalue weighted by Gasteiger charge is -2.21. The Morgan fingerprint density at radius 1 is 1.47 bits per heavy atom. The van der Waals surface area contributed by atoms with E-state index in [2.05, 4.69) is 32.9 Å². The first-order valence-corrected chi connectivity index (χ1v) is 7.38. The van der Waals surface area contributed by atoms with Crippen LogP contribution in [0.5, 0.6) is 5.75 Å². The Balaban J connectivity index is 2.25. The van der Waals surface area contributed by atoms with E-state index in [4.69, 9.17) is 11.6 Å². The summed E-state index contributed by atoms with van der Waals surface area (Å²) < 4.78 is 29.9. The molecular formula is C13H15BrClF2NO. The van der Waals surface area contributed by atoms with Gasteiger partial charge in [-0.15, -0.1) is 0 Å². The molecule has 19 heavy (non-hydrogen) atoms. The van der Waals surface area contributed by atoms with Crippen LogP contribution in [-0.2, 0) is 0 Å². The van der Waals surface area contributed by atoms with E-state index in [1.54, 1.807) is 12.1 Å². The molecule has 6 heteroatoms. The van der Waals surface area contributed by atoms with Crippen LogP contribution >= 0.6 is 27.5 Å². The van der Waals surface area contributed by atoms with Gasteiger partial charge in [-0.2, -0.15) is 8.78 Å². The molecule has 1 atom stereocenters. The zero-order valence-corrected chi connectivity index (χ0v) is 12.8. The van der Waals surface area contributed by atoms with Gasteiger partial charge in [-0.05, 0) is 53.2 Å². The minimum Gasteiger partial charge on any atom is -0.431 e. The SMILES string of the molecule is CCC(Nc1cc(Cl)cc(Br)c1OC(F)F)C1CC1. The van der Waals surface area contributed by atoms with Gasteiger partial charge >= 0.3 is 6.61 Å². The summed E-state index contributed by atoms with van der Waals surface area (Å²) in [6, 6.07) is 3.43. The van der Waals surface area contributed by atoms with Crippen molar-refractivity contribution in [3.63, 3.8) is 0 Å². The zero-order chi connectivity index (χ0) is 14.0. The van der Waals surface area contributed by atoms with Crippen LogP contribution in [0.3, 0.4) is 0 Å². The second kappa shape index (κ2) is 6.27. The Hall–Kier alpha value is -0.550. The predicted octanol–water partition coefficient (Wildman–Crippen LogP) is 5.30. The number of hydrogen-bond acceptors (Lipinski definition) is 2. The third-order valence-electron chi connectivity index (χ3n) is 3.19. The van der Waals surface area contributed by atoms with Crippen molar-refractivity contribution < 1.29 is 13.5 Å². The van der Waals surface area contributed by atoms with Crippen molar-refractivity contribution in [1.82, 2.24) is 0 Å². The molecule has 0 bridgehead atoms. The zero-order valence-electron chi connectivity index (χ0n) is 10.4. The van der Waals surface area contributed by atoms with Gasteiger partial charge < -0.3 is 10.1 Å². The summed E-state index contributed by atoms with van der Waals surface area (Å²) >= 11 is 9.18. The fraction of sp³-hybridized carbons (Fsp3) is 0.538. The summed E-state index contributed by atoms with van der Waals surface area (Å²) in [4.78, 5) is 0. The van der Waals surface area contributed by atoms with E-state index in [1.165, 1.54) is 12.8 Å². The Morgan fingerprint density at radius 3 is 2.68 bits per heavy atom. The first kappa shape index (κ1) is 14.9. The first-order chi connectivity index (χ1) is 9.01. The van der Waals surface area contributed by atoms with Gasteiger partial charge in [-0.25, -0.2) is 0 Å². The van der Waals surface area contributed by atoms with Gasteiger partial charge in [0.25, 0.3) is 0 Å². The van der Waals surface area contributed by atoms with Gasteiger partial charge in [0, 0.05) is 11.1 Å². The molecule has 1 aliphatic rings. The lowest BCUT2D eigenvalue weighted by Crippen LogP contribution is -2.21. The van der Waals surface area contributed by atoms with Crippen LogP contribution < -0.4 is 10.1 Å². The van der Waals surface area contributed by atoms with Crippen LogP contribution in [0.25, 0.3) is 0 Å². The van der Waals surface area contributed by atoms with E-state index >= 15 is 0 Å². The van der Waals surface area contributed by atoms with Crippen LogP contribution in [-0.4, -0.2) is 12.7 Å². The number of halogens is 4. The fourth-order valence-corrected chi connectivity index (χ4v) is 3.03. The lowest BCUT2D eigenvalue weighted by atomic mass is 10.1. The minimum atomic E-state index is -2.86. The van der Waals surface area contributed by atoms with E-state index in [0.29, 0.717) is 21.1 Å². The highest BCUT2D eigenvalue weighted by molar-refractivity contribution is 9.10. The van der Waals surface area contributed by atoms with Crippen molar-refractivity contribution in [2.24, 2.45) is 5.92 Å². The summed E-state index contributed by atoms with van der Waals surface area (Å²) in [5, 5.41) is 3.75. The quantitative estimate of drug-likeness (QED) is 0.748. The van der Waals surface area contributed by atoms with Crippen LogP contribution in [0.2, 0.25) is 5.02 Å². The van der Waals surface area contributed by atoms with E-state index in [0.717, 1.165) is 6.42 Å². The van der Waals surface area contributed by atoms with E-state index in [9.17, 15) is 8.78 Å². The van der Waals surface area contributed by atoms with E-state index in [1.807, 2.05) is 0 Å².